The number of anilines is 2. The minimum absolute atomic E-state index is 0.0412. The summed E-state index contributed by atoms with van der Waals surface area (Å²) in [7, 11) is 0. The van der Waals surface area contributed by atoms with Crippen molar-refractivity contribution in [2.24, 2.45) is 0 Å². The van der Waals surface area contributed by atoms with Crippen LogP contribution in [0, 0.1) is 0 Å². The highest BCUT2D eigenvalue weighted by Crippen LogP contribution is 2.33. The molecule has 1 fully saturated rings. The number of halogens is 2. The standard InChI is InChI=1S/C8H6Cl2N4O2/c9-6-5(7(10)13-8(11)12-6)14-2-3(15)1-4(14)16/h1-2H2,(H2,11,12,13). The number of rotatable bonds is 1. The number of nitrogen functional groups attached to an aromatic ring is 1. The van der Waals surface area contributed by atoms with Crippen molar-refractivity contribution in [3.05, 3.63) is 10.3 Å². The molecule has 2 rings (SSSR count). The number of ketones is 1. The van der Waals surface area contributed by atoms with E-state index < -0.39 is 0 Å². The van der Waals surface area contributed by atoms with Crippen molar-refractivity contribution in [2.75, 3.05) is 17.2 Å². The zero-order chi connectivity index (χ0) is 11.9. The first kappa shape index (κ1) is 11.1. The number of nitrogens with zero attached hydrogens (tertiary/aromatic N) is 3. The fourth-order valence-electron chi connectivity index (χ4n) is 1.43. The Morgan fingerprint density at radius 1 is 1.19 bits per heavy atom. The largest absolute Gasteiger partial charge is 0.368 e. The highest BCUT2D eigenvalue weighted by Gasteiger charge is 2.32. The van der Waals surface area contributed by atoms with Gasteiger partial charge in [0.25, 0.3) is 0 Å². The summed E-state index contributed by atoms with van der Waals surface area (Å²) in [6.45, 7) is -0.0639. The predicted octanol–water partition coefficient (Wildman–Crippen LogP) is 0.671. The molecule has 1 aromatic rings. The van der Waals surface area contributed by atoms with Gasteiger partial charge in [0.1, 0.15) is 5.69 Å². The van der Waals surface area contributed by atoms with Gasteiger partial charge in [-0.3, -0.25) is 14.5 Å². The molecule has 0 spiro atoms. The van der Waals surface area contributed by atoms with Gasteiger partial charge >= 0.3 is 0 Å². The number of hydrogen-bond donors (Lipinski definition) is 1. The highest BCUT2D eigenvalue weighted by atomic mass is 35.5. The Labute approximate surface area is 100 Å². The van der Waals surface area contributed by atoms with Gasteiger partial charge in [0, 0.05) is 0 Å². The van der Waals surface area contributed by atoms with Crippen LogP contribution in [0.2, 0.25) is 10.3 Å². The zero-order valence-corrected chi connectivity index (χ0v) is 9.42. The van der Waals surface area contributed by atoms with Crippen LogP contribution in [0.3, 0.4) is 0 Å². The van der Waals surface area contributed by atoms with E-state index in [0.29, 0.717) is 0 Å². The number of aromatic nitrogens is 2. The van der Waals surface area contributed by atoms with Crippen LogP contribution in [0.4, 0.5) is 11.6 Å². The average Bonchev–Trinajstić information content (AvgIpc) is 2.43. The molecule has 0 bridgehead atoms. The van der Waals surface area contributed by atoms with Crippen LogP contribution in [-0.4, -0.2) is 28.2 Å². The van der Waals surface area contributed by atoms with Gasteiger partial charge in [-0.25, -0.2) is 0 Å². The highest BCUT2D eigenvalue weighted by molar-refractivity contribution is 6.39. The normalized spacial score (nSPS) is 16.0. The Morgan fingerprint density at radius 2 is 1.75 bits per heavy atom. The van der Waals surface area contributed by atoms with Gasteiger partial charge in [-0.15, -0.1) is 0 Å². The lowest BCUT2D eigenvalue weighted by atomic mass is 10.3. The Bertz CT molecular complexity index is 468. The second kappa shape index (κ2) is 3.88. The van der Waals surface area contributed by atoms with Crippen molar-refractivity contribution < 1.29 is 9.59 Å². The number of hydrogen-bond acceptors (Lipinski definition) is 5. The van der Waals surface area contributed by atoms with Gasteiger partial charge in [0.15, 0.2) is 16.1 Å². The van der Waals surface area contributed by atoms with Crippen LogP contribution in [0.5, 0.6) is 0 Å². The van der Waals surface area contributed by atoms with Gasteiger partial charge in [-0.1, -0.05) is 23.2 Å². The number of Topliss-reactive ketones (excluding diaryl/α,β-unsaturated/α-hetero) is 1. The van der Waals surface area contributed by atoms with E-state index in [1.807, 2.05) is 0 Å². The molecule has 0 atom stereocenters. The number of carbonyl (C=O) groups excluding carboxylic acids is 2. The first-order valence-corrected chi connectivity index (χ1v) is 5.05. The lowest BCUT2D eigenvalue weighted by Gasteiger charge is -2.16. The summed E-state index contributed by atoms with van der Waals surface area (Å²) in [5, 5.41) is -0.0823. The molecule has 0 unspecified atom stereocenters. The molecule has 0 aromatic carbocycles. The van der Waals surface area contributed by atoms with E-state index in [4.69, 9.17) is 28.9 Å². The summed E-state index contributed by atoms with van der Waals surface area (Å²) < 4.78 is 0. The van der Waals surface area contributed by atoms with Crippen molar-refractivity contribution >= 4 is 46.5 Å². The van der Waals surface area contributed by atoms with E-state index in [0.717, 1.165) is 4.90 Å². The van der Waals surface area contributed by atoms with Crippen molar-refractivity contribution in [1.82, 2.24) is 9.97 Å². The van der Waals surface area contributed by atoms with Crippen LogP contribution in [0.15, 0.2) is 0 Å². The van der Waals surface area contributed by atoms with E-state index in [9.17, 15) is 9.59 Å². The monoisotopic (exact) mass is 260 g/mol. The van der Waals surface area contributed by atoms with Crippen LogP contribution in [-0.2, 0) is 9.59 Å². The molecule has 6 nitrogen and oxygen atoms in total. The molecule has 0 radical (unpaired) electrons. The summed E-state index contributed by atoms with van der Waals surface area (Å²) in [5.41, 5.74) is 5.46. The minimum atomic E-state index is -0.373. The third-order valence-corrected chi connectivity index (χ3v) is 2.60. The SMILES string of the molecule is Nc1nc(Cl)c(N2CC(=O)CC2=O)c(Cl)n1. The van der Waals surface area contributed by atoms with Crippen LogP contribution >= 0.6 is 23.2 Å². The lowest BCUT2D eigenvalue weighted by Crippen LogP contribution is -2.26. The van der Waals surface area contributed by atoms with Gasteiger partial charge in [0.2, 0.25) is 11.9 Å². The van der Waals surface area contributed by atoms with Crippen molar-refractivity contribution in [3.8, 4) is 0 Å². The van der Waals surface area contributed by atoms with E-state index >= 15 is 0 Å². The van der Waals surface area contributed by atoms with Gasteiger partial charge < -0.3 is 5.73 Å². The molecule has 0 aliphatic carbocycles. The Morgan fingerprint density at radius 3 is 2.19 bits per heavy atom. The van der Waals surface area contributed by atoms with Crippen molar-refractivity contribution in [3.63, 3.8) is 0 Å². The zero-order valence-electron chi connectivity index (χ0n) is 7.91. The van der Waals surface area contributed by atoms with Crippen LogP contribution in [0.25, 0.3) is 0 Å². The molecule has 8 heteroatoms. The number of carbonyl (C=O) groups is 2. The summed E-state index contributed by atoms with van der Waals surface area (Å²) in [5.74, 6) is -0.659. The molecule has 0 saturated carbocycles. The maximum Gasteiger partial charge on any atom is 0.235 e. The molecule has 1 aliphatic rings. The molecular formula is C8H6Cl2N4O2. The second-order valence-corrected chi connectivity index (χ2v) is 3.92. The lowest BCUT2D eigenvalue weighted by molar-refractivity contribution is -0.121. The Kier molecular flexibility index (Phi) is 2.69. The van der Waals surface area contributed by atoms with E-state index in [2.05, 4.69) is 9.97 Å². The van der Waals surface area contributed by atoms with Crippen LogP contribution in [0.1, 0.15) is 6.42 Å². The van der Waals surface area contributed by atoms with Gasteiger partial charge in [-0.05, 0) is 0 Å². The van der Waals surface area contributed by atoms with E-state index in [1.54, 1.807) is 0 Å². The smallest absolute Gasteiger partial charge is 0.235 e. The average molecular weight is 261 g/mol. The maximum atomic E-state index is 11.5. The van der Waals surface area contributed by atoms with Crippen LogP contribution < -0.4 is 10.6 Å². The molecule has 2 heterocycles. The Balaban J connectivity index is 2.48. The molecule has 84 valence electrons. The third kappa shape index (κ3) is 1.81. The molecular weight excluding hydrogens is 255 g/mol. The van der Waals surface area contributed by atoms with E-state index in [-0.39, 0.29) is 46.6 Å². The molecule has 1 aromatic heterocycles. The Hall–Kier alpha value is -1.40. The minimum Gasteiger partial charge on any atom is -0.368 e. The summed E-state index contributed by atoms with van der Waals surface area (Å²) in [6.07, 6.45) is -0.156. The predicted molar refractivity (Wildman–Crippen MR) is 58.4 cm³/mol. The summed E-state index contributed by atoms with van der Waals surface area (Å²) in [4.78, 5) is 31.1. The summed E-state index contributed by atoms with van der Waals surface area (Å²) in [6, 6.07) is 0. The fraction of sp³-hybridized carbons (Fsp3) is 0.250. The first-order valence-electron chi connectivity index (χ1n) is 4.29. The quantitative estimate of drug-likeness (QED) is 0.592. The molecule has 16 heavy (non-hydrogen) atoms. The summed E-state index contributed by atoms with van der Waals surface area (Å²) >= 11 is 11.6. The first-order chi connectivity index (χ1) is 7.49. The second-order valence-electron chi connectivity index (χ2n) is 3.21. The maximum absolute atomic E-state index is 11.5. The number of nitrogens with two attached hydrogens (primary N) is 1. The van der Waals surface area contributed by atoms with Crippen molar-refractivity contribution in [2.45, 2.75) is 6.42 Å². The molecule has 1 aliphatic heterocycles. The number of amides is 1. The topological polar surface area (TPSA) is 89.2 Å². The van der Waals surface area contributed by atoms with Gasteiger partial charge in [-0.2, -0.15) is 9.97 Å². The van der Waals surface area contributed by atoms with E-state index in [1.165, 1.54) is 0 Å². The third-order valence-electron chi connectivity index (χ3n) is 2.07. The van der Waals surface area contributed by atoms with Crippen molar-refractivity contribution in [1.29, 1.82) is 0 Å². The fourth-order valence-corrected chi connectivity index (χ4v) is 2.03. The molecule has 2 N–H and O–H groups in total. The molecule has 1 amide bonds. The van der Waals surface area contributed by atoms with Gasteiger partial charge in [0.05, 0.1) is 13.0 Å². The molecule has 1 saturated heterocycles.